The summed E-state index contributed by atoms with van der Waals surface area (Å²) >= 11 is 0. The summed E-state index contributed by atoms with van der Waals surface area (Å²) in [6.07, 6.45) is 2.03. The number of hydrogen-bond acceptors (Lipinski definition) is 7. The SMILES string of the molecule is CCCCn1c(-c2ccccc2)nc(-c2ccc(OC)cc2)c1CN(Cc1ccc(C(N)=O)c(O)c1)Cc1ccc2c(c1)OCO2. The summed E-state index contributed by atoms with van der Waals surface area (Å²) in [6.45, 7) is 4.83. The molecule has 0 spiro atoms. The summed E-state index contributed by atoms with van der Waals surface area (Å²) in [7, 11) is 1.66. The molecule has 0 unspecified atom stereocenters. The second-order valence-corrected chi connectivity index (χ2v) is 11.4. The van der Waals surface area contributed by atoms with Crippen LogP contribution in [0.4, 0.5) is 0 Å². The molecule has 3 N–H and O–H groups in total. The number of fused-ring (bicyclic) bond motifs is 1. The molecule has 0 fully saturated rings. The van der Waals surface area contributed by atoms with Crippen LogP contribution < -0.4 is 19.9 Å². The maximum Gasteiger partial charge on any atom is 0.252 e. The Morgan fingerprint density at radius 1 is 0.913 bits per heavy atom. The van der Waals surface area contributed by atoms with E-state index < -0.39 is 5.91 Å². The smallest absolute Gasteiger partial charge is 0.252 e. The van der Waals surface area contributed by atoms with Crippen LogP contribution in [0, 0.1) is 0 Å². The highest BCUT2D eigenvalue weighted by atomic mass is 16.7. The number of amides is 1. The summed E-state index contributed by atoms with van der Waals surface area (Å²) in [5.41, 5.74) is 11.5. The summed E-state index contributed by atoms with van der Waals surface area (Å²) in [4.78, 5) is 19.4. The van der Waals surface area contributed by atoms with Crippen molar-refractivity contribution in [2.24, 2.45) is 5.73 Å². The highest BCUT2D eigenvalue weighted by molar-refractivity contribution is 5.95. The number of methoxy groups -OCH3 is 1. The van der Waals surface area contributed by atoms with Gasteiger partial charge in [0.25, 0.3) is 5.91 Å². The van der Waals surface area contributed by atoms with Crippen LogP contribution in [-0.4, -0.2) is 39.4 Å². The van der Waals surface area contributed by atoms with Crippen LogP contribution in [0.25, 0.3) is 22.6 Å². The molecular formula is C37H38N4O5. The van der Waals surface area contributed by atoms with E-state index in [4.69, 9.17) is 24.9 Å². The minimum atomic E-state index is -0.668. The Morgan fingerprint density at radius 2 is 1.63 bits per heavy atom. The van der Waals surface area contributed by atoms with Gasteiger partial charge in [0.2, 0.25) is 6.79 Å². The van der Waals surface area contributed by atoms with Gasteiger partial charge in [-0.1, -0.05) is 55.8 Å². The van der Waals surface area contributed by atoms with E-state index in [2.05, 4.69) is 28.5 Å². The van der Waals surface area contributed by atoms with E-state index in [1.54, 1.807) is 19.2 Å². The summed E-state index contributed by atoms with van der Waals surface area (Å²) in [5.74, 6) is 2.35. The normalized spacial score (nSPS) is 12.1. The van der Waals surface area contributed by atoms with Gasteiger partial charge in [-0.05, 0) is 66.1 Å². The Balaban J connectivity index is 1.45. The predicted octanol–water partition coefficient (Wildman–Crippen LogP) is 6.76. The van der Waals surface area contributed by atoms with Crippen LogP contribution in [0.15, 0.2) is 91.0 Å². The first-order valence-corrected chi connectivity index (χ1v) is 15.4. The first-order chi connectivity index (χ1) is 22.4. The molecule has 236 valence electrons. The third-order valence-corrected chi connectivity index (χ3v) is 8.15. The monoisotopic (exact) mass is 618 g/mol. The second kappa shape index (κ2) is 13.8. The minimum absolute atomic E-state index is 0.0954. The quantitative estimate of drug-likeness (QED) is 0.150. The van der Waals surface area contributed by atoms with Gasteiger partial charge >= 0.3 is 0 Å². The van der Waals surface area contributed by atoms with Gasteiger partial charge in [0.05, 0.1) is 24.1 Å². The van der Waals surface area contributed by atoms with Crippen molar-refractivity contribution in [1.82, 2.24) is 14.5 Å². The standard InChI is InChI=1S/C37H38N4O5/c1-3-4-18-41-31(35(27-12-14-29(44-2)15-13-27)39-37(41)28-8-6-5-7-9-28)23-40(21-25-10-16-30(36(38)43)32(42)19-25)22-26-11-17-33-34(20-26)46-24-45-33/h5-17,19-20,42H,3-4,18,21-24H2,1-2H3,(H2,38,43). The van der Waals surface area contributed by atoms with Gasteiger partial charge in [0, 0.05) is 37.3 Å². The number of primary amides is 1. The Labute approximate surface area is 268 Å². The number of ether oxygens (including phenoxy) is 3. The topological polar surface area (TPSA) is 112 Å². The Kier molecular flexibility index (Phi) is 9.21. The van der Waals surface area contributed by atoms with Gasteiger partial charge in [-0.3, -0.25) is 9.69 Å². The molecule has 9 heteroatoms. The molecule has 1 amide bonds. The number of aromatic hydroxyl groups is 1. The van der Waals surface area contributed by atoms with Crippen LogP contribution in [0.2, 0.25) is 0 Å². The van der Waals surface area contributed by atoms with Gasteiger partial charge in [-0.15, -0.1) is 0 Å². The highest BCUT2D eigenvalue weighted by Crippen LogP contribution is 2.35. The molecule has 4 aromatic carbocycles. The number of rotatable bonds is 13. The van der Waals surface area contributed by atoms with Crippen molar-refractivity contribution in [2.45, 2.75) is 45.9 Å². The predicted molar refractivity (Wildman–Crippen MR) is 177 cm³/mol. The average molecular weight is 619 g/mol. The number of carbonyl (C=O) groups is 1. The van der Waals surface area contributed by atoms with Crippen molar-refractivity contribution in [2.75, 3.05) is 13.9 Å². The third-order valence-electron chi connectivity index (χ3n) is 8.15. The van der Waals surface area contributed by atoms with E-state index in [9.17, 15) is 9.90 Å². The second-order valence-electron chi connectivity index (χ2n) is 11.4. The van der Waals surface area contributed by atoms with Crippen LogP contribution in [0.1, 0.15) is 46.9 Å². The zero-order valence-corrected chi connectivity index (χ0v) is 26.1. The molecule has 0 radical (unpaired) electrons. The van der Waals surface area contributed by atoms with Crippen LogP contribution in [-0.2, 0) is 26.2 Å². The van der Waals surface area contributed by atoms with Crippen molar-refractivity contribution < 1.29 is 24.1 Å². The number of carbonyl (C=O) groups excluding carboxylic acids is 1. The Bertz CT molecular complexity index is 1820. The molecule has 5 aromatic rings. The fraction of sp³-hybridized carbons (Fsp3) is 0.243. The third kappa shape index (κ3) is 6.69. The molecule has 1 aliphatic rings. The number of hydrogen-bond donors (Lipinski definition) is 2. The molecule has 0 atom stereocenters. The summed E-state index contributed by atoms with van der Waals surface area (Å²) in [6, 6.07) is 29.3. The molecule has 1 aliphatic heterocycles. The summed E-state index contributed by atoms with van der Waals surface area (Å²) in [5, 5.41) is 10.6. The van der Waals surface area contributed by atoms with Gasteiger partial charge in [-0.25, -0.2) is 4.98 Å². The van der Waals surface area contributed by atoms with E-state index in [0.29, 0.717) is 19.6 Å². The van der Waals surface area contributed by atoms with E-state index in [-0.39, 0.29) is 18.1 Å². The molecule has 6 rings (SSSR count). The van der Waals surface area contributed by atoms with Crippen molar-refractivity contribution in [3.05, 3.63) is 113 Å². The number of benzene rings is 4. The molecule has 0 saturated heterocycles. The van der Waals surface area contributed by atoms with Crippen LogP contribution >= 0.6 is 0 Å². The van der Waals surface area contributed by atoms with Gasteiger partial charge < -0.3 is 29.6 Å². The molecule has 46 heavy (non-hydrogen) atoms. The van der Waals surface area contributed by atoms with Crippen molar-refractivity contribution in [1.29, 1.82) is 0 Å². The lowest BCUT2D eigenvalue weighted by Gasteiger charge is -2.25. The van der Waals surface area contributed by atoms with Crippen molar-refractivity contribution in [3.8, 4) is 45.6 Å². The lowest BCUT2D eigenvalue weighted by Crippen LogP contribution is -2.25. The lowest BCUT2D eigenvalue weighted by molar-refractivity contribution is 0.0997. The average Bonchev–Trinajstić information content (AvgIpc) is 3.68. The molecule has 0 saturated carbocycles. The number of nitrogens with two attached hydrogens (primary N) is 1. The number of nitrogens with zero attached hydrogens (tertiary/aromatic N) is 3. The molecule has 0 aliphatic carbocycles. The molecule has 0 bridgehead atoms. The first-order valence-electron chi connectivity index (χ1n) is 15.4. The molecular weight excluding hydrogens is 580 g/mol. The maximum absolute atomic E-state index is 11.8. The zero-order chi connectivity index (χ0) is 32.0. The maximum atomic E-state index is 11.8. The molecule has 9 nitrogen and oxygen atoms in total. The number of aromatic nitrogens is 2. The van der Waals surface area contributed by atoms with E-state index in [1.165, 1.54) is 0 Å². The molecule has 1 aromatic heterocycles. The number of phenols is 1. The lowest BCUT2D eigenvalue weighted by atomic mass is 10.1. The van der Waals surface area contributed by atoms with Crippen LogP contribution in [0.5, 0.6) is 23.0 Å². The minimum Gasteiger partial charge on any atom is -0.507 e. The van der Waals surface area contributed by atoms with Gasteiger partial charge in [0.1, 0.15) is 17.3 Å². The Morgan fingerprint density at radius 3 is 2.33 bits per heavy atom. The zero-order valence-electron chi connectivity index (χ0n) is 26.1. The van der Waals surface area contributed by atoms with Crippen LogP contribution in [0.3, 0.4) is 0 Å². The van der Waals surface area contributed by atoms with Crippen molar-refractivity contribution in [3.63, 3.8) is 0 Å². The fourth-order valence-electron chi connectivity index (χ4n) is 5.81. The number of imidazole rings is 1. The fourth-order valence-corrected chi connectivity index (χ4v) is 5.81. The summed E-state index contributed by atoms with van der Waals surface area (Å²) < 4.78 is 19.0. The van der Waals surface area contributed by atoms with Gasteiger partial charge in [0.15, 0.2) is 11.5 Å². The van der Waals surface area contributed by atoms with Gasteiger partial charge in [-0.2, -0.15) is 0 Å². The van der Waals surface area contributed by atoms with E-state index in [1.807, 2.05) is 66.7 Å². The largest absolute Gasteiger partial charge is 0.507 e. The number of unbranched alkanes of at least 4 members (excludes halogenated alkanes) is 1. The first kappa shape index (κ1) is 30.7. The van der Waals surface area contributed by atoms with E-state index in [0.717, 1.165) is 76.1 Å². The Hall–Kier alpha value is -5.28. The highest BCUT2D eigenvalue weighted by Gasteiger charge is 2.23. The molecule has 2 heterocycles. The van der Waals surface area contributed by atoms with Crippen molar-refractivity contribution >= 4 is 5.91 Å². The van der Waals surface area contributed by atoms with E-state index >= 15 is 0 Å².